The Kier molecular flexibility index (Phi) is 6.31. The Labute approximate surface area is 193 Å². The van der Waals surface area contributed by atoms with E-state index in [-0.39, 0.29) is 11.3 Å². The number of rotatable bonds is 4. The number of anilines is 1. The lowest BCUT2D eigenvalue weighted by atomic mass is 9.72. The van der Waals surface area contributed by atoms with Crippen LogP contribution in [-0.4, -0.2) is 12.1 Å². The summed E-state index contributed by atoms with van der Waals surface area (Å²) in [6, 6.07) is 17.2. The van der Waals surface area contributed by atoms with E-state index < -0.39 is 0 Å². The fourth-order valence-electron chi connectivity index (χ4n) is 4.06. The van der Waals surface area contributed by atoms with Gasteiger partial charge in [-0.3, -0.25) is 4.79 Å². The van der Waals surface area contributed by atoms with Crippen LogP contribution in [0, 0.1) is 11.3 Å². The van der Waals surface area contributed by atoms with E-state index in [0.717, 1.165) is 41.1 Å². The maximum atomic E-state index is 13.3. The maximum absolute atomic E-state index is 13.3. The average Bonchev–Trinajstić information content (AvgIpc) is 3.11. The number of amides is 1. The fraction of sp³-hybridized carbons (Fsp3) is 0.308. The number of carbonyl (C=O) groups excluding carboxylic acids is 1. The Hall–Kier alpha value is -2.43. The lowest BCUT2D eigenvalue weighted by Crippen LogP contribution is -2.27. The van der Waals surface area contributed by atoms with Crippen molar-refractivity contribution in [3.63, 3.8) is 0 Å². The van der Waals surface area contributed by atoms with E-state index in [0.29, 0.717) is 16.5 Å². The molecule has 1 amide bonds. The zero-order chi connectivity index (χ0) is 22.0. The Balaban J connectivity index is 1.72. The van der Waals surface area contributed by atoms with Gasteiger partial charge in [0, 0.05) is 27.4 Å². The summed E-state index contributed by atoms with van der Waals surface area (Å²) >= 11 is 7.95. The molecule has 3 aromatic rings. The standard InChI is InChI=1S/C26H27ClN2OS/c1-26(2,3)18-13-14-20-22(15-18)31-25(28-16-17-9-7-8-12-21(17)27)23(20)24(30)29-19-10-5-4-6-11-19/h4-12,16,18H,13-15H2,1-3H3,(H,29,30)/t18-/m1/s1. The van der Waals surface area contributed by atoms with E-state index in [1.807, 2.05) is 54.6 Å². The van der Waals surface area contributed by atoms with E-state index in [4.69, 9.17) is 16.6 Å². The van der Waals surface area contributed by atoms with Crippen molar-refractivity contribution in [3.05, 3.63) is 81.2 Å². The van der Waals surface area contributed by atoms with Gasteiger partial charge in [-0.1, -0.05) is 68.8 Å². The van der Waals surface area contributed by atoms with Crippen molar-refractivity contribution < 1.29 is 4.79 Å². The van der Waals surface area contributed by atoms with E-state index in [1.54, 1.807) is 17.6 Å². The average molecular weight is 451 g/mol. The number of hydrogen-bond acceptors (Lipinski definition) is 3. The van der Waals surface area contributed by atoms with Crippen LogP contribution in [0.2, 0.25) is 5.02 Å². The van der Waals surface area contributed by atoms with E-state index >= 15 is 0 Å². The molecule has 3 nitrogen and oxygen atoms in total. The first-order valence-electron chi connectivity index (χ1n) is 10.6. The second-order valence-electron chi connectivity index (χ2n) is 9.09. The molecule has 0 bridgehead atoms. The second kappa shape index (κ2) is 8.97. The summed E-state index contributed by atoms with van der Waals surface area (Å²) in [5, 5.41) is 4.46. The van der Waals surface area contributed by atoms with E-state index in [1.165, 1.54) is 4.88 Å². The summed E-state index contributed by atoms with van der Waals surface area (Å²) in [6.45, 7) is 6.90. The molecule has 31 heavy (non-hydrogen) atoms. The number of halogens is 1. The number of thiophene rings is 1. The zero-order valence-corrected chi connectivity index (χ0v) is 19.7. The summed E-state index contributed by atoms with van der Waals surface area (Å²) in [5.41, 5.74) is 3.74. The second-order valence-corrected chi connectivity index (χ2v) is 10.6. The third-order valence-electron chi connectivity index (χ3n) is 5.96. The first-order valence-corrected chi connectivity index (χ1v) is 11.8. The number of hydrogen-bond donors (Lipinski definition) is 1. The molecule has 1 atom stereocenters. The van der Waals surface area contributed by atoms with E-state index in [9.17, 15) is 4.79 Å². The van der Waals surface area contributed by atoms with Gasteiger partial charge in [-0.25, -0.2) is 4.99 Å². The summed E-state index contributed by atoms with van der Waals surface area (Å²) in [7, 11) is 0. The number of nitrogens with one attached hydrogen (secondary N) is 1. The first kappa shape index (κ1) is 21.8. The van der Waals surface area contributed by atoms with Crippen LogP contribution in [-0.2, 0) is 12.8 Å². The predicted octanol–water partition coefficient (Wildman–Crippen LogP) is 7.56. The molecular formula is C26H27ClN2OS. The van der Waals surface area contributed by atoms with Crippen molar-refractivity contribution in [2.75, 3.05) is 5.32 Å². The van der Waals surface area contributed by atoms with Gasteiger partial charge in [-0.2, -0.15) is 0 Å². The number of para-hydroxylation sites is 1. The quantitative estimate of drug-likeness (QED) is 0.409. The molecule has 1 aliphatic rings. The van der Waals surface area contributed by atoms with Gasteiger partial charge in [0.1, 0.15) is 5.00 Å². The van der Waals surface area contributed by atoms with Gasteiger partial charge < -0.3 is 5.32 Å². The third-order valence-corrected chi connectivity index (χ3v) is 7.46. The SMILES string of the molecule is CC(C)(C)[C@@H]1CCc2c(sc(N=Cc3ccccc3Cl)c2C(=O)Nc2ccccc2)C1. The Morgan fingerprint density at radius 2 is 1.84 bits per heavy atom. The molecule has 1 aromatic heterocycles. The normalized spacial score (nSPS) is 16.3. The highest BCUT2D eigenvalue weighted by Crippen LogP contribution is 2.45. The molecule has 1 N–H and O–H groups in total. The van der Waals surface area contributed by atoms with Gasteiger partial charge in [0.25, 0.3) is 5.91 Å². The van der Waals surface area contributed by atoms with Crippen molar-refractivity contribution in [2.45, 2.75) is 40.0 Å². The van der Waals surface area contributed by atoms with E-state index in [2.05, 4.69) is 26.1 Å². The van der Waals surface area contributed by atoms with Crippen molar-refractivity contribution >= 4 is 45.7 Å². The fourth-order valence-corrected chi connectivity index (χ4v) is 5.51. The molecule has 1 heterocycles. The van der Waals surface area contributed by atoms with Crippen LogP contribution in [0.5, 0.6) is 0 Å². The predicted molar refractivity (Wildman–Crippen MR) is 132 cm³/mol. The van der Waals surface area contributed by atoms with Gasteiger partial charge in [0.15, 0.2) is 0 Å². The van der Waals surface area contributed by atoms with Gasteiger partial charge in [-0.05, 0) is 54.4 Å². The van der Waals surface area contributed by atoms with Crippen LogP contribution in [0.3, 0.4) is 0 Å². The highest BCUT2D eigenvalue weighted by atomic mass is 35.5. The molecule has 0 spiro atoms. The molecule has 0 saturated carbocycles. The van der Waals surface area contributed by atoms with Crippen LogP contribution in [0.25, 0.3) is 0 Å². The van der Waals surface area contributed by atoms with Gasteiger partial charge in [0.2, 0.25) is 0 Å². The lowest BCUT2D eigenvalue weighted by molar-refractivity contribution is 0.102. The minimum absolute atomic E-state index is 0.0933. The smallest absolute Gasteiger partial charge is 0.259 e. The minimum atomic E-state index is -0.0933. The number of aliphatic imine (C=N–C) groups is 1. The summed E-state index contributed by atoms with van der Waals surface area (Å²) < 4.78 is 0. The van der Waals surface area contributed by atoms with Crippen molar-refractivity contribution in [1.29, 1.82) is 0 Å². The monoisotopic (exact) mass is 450 g/mol. The molecule has 1 aliphatic carbocycles. The molecular weight excluding hydrogens is 424 g/mol. The lowest BCUT2D eigenvalue weighted by Gasteiger charge is -2.33. The van der Waals surface area contributed by atoms with Crippen molar-refractivity contribution in [2.24, 2.45) is 16.3 Å². The number of nitrogens with zero attached hydrogens (tertiary/aromatic N) is 1. The highest BCUT2D eigenvalue weighted by Gasteiger charge is 2.33. The van der Waals surface area contributed by atoms with Gasteiger partial charge in [-0.15, -0.1) is 11.3 Å². The summed E-state index contributed by atoms with van der Waals surface area (Å²) in [6.07, 6.45) is 4.76. The largest absolute Gasteiger partial charge is 0.322 e. The Morgan fingerprint density at radius 3 is 2.55 bits per heavy atom. The van der Waals surface area contributed by atoms with Crippen LogP contribution in [0.15, 0.2) is 59.6 Å². The highest BCUT2D eigenvalue weighted by molar-refractivity contribution is 7.16. The molecule has 2 aromatic carbocycles. The van der Waals surface area contributed by atoms with Crippen LogP contribution in [0.4, 0.5) is 10.7 Å². The van der Waals surface area contributed by atoms with Crippen LogP contribution >= 0.6 is 22.9 Å². The van der Waals surface area contributed by atoms with Gasteiger partial charge in [0.05, 0.1) is 5.56 Å². The van der Waals surface area contributed by atoms with Crippen LogP contribution in [0.1, 0.15) is 53.6 Å². The molecule has 0 saturated heterocycles. The van der Waals surface area contributed by atoms with Crippen LogP contribution < -0.4 is 5.32 Å². The number of carbonyl (C=O) groups is 1. The summed E-state index contributed by atoms with van der Waals surface area (Å²) in [5.74, 6) is 0.508. The molecule has 0 fully saturated rings. The molecule has 0 unspecified atom stereocenters. The molecule has 0 aliphatic heterocycles. The maximum Gasteiger partial charge on any atom is 0.259 e. The topological polar surface area (TPSA) is 41.5 Å². The van der Waals surface area contributed by atoms with Crippen molar-refractivity contribution in [1.82, 2.24) is 0 Å². The van der Waals surface area contributed by atoms with Gasteiger partial charge >= 0.3 is 0 Å². The molecule has 0 radical (unpaired) electrons. The first-order chi connectivity index (χ1) is 14.8. The number of benzene rings is 2. The molecule has 160 valence electrons. The molecule has 5 heteroatoms. The zero-order valence-electron chi connectivity index (χ0n) is 18.1. The Morgan fingerprint density at radius 1 is 1.13 bits per heavy atom. The number of fused-ring (bicyclic) bond motifs is 1. The van der Waals surface area contributed by atoms with Crippen molar-refractivity contribution in [3.8, 4) is 0 Å². The molecule has 4 rings (SSSR count). The minimum Gasteiger partial charge on any atom is -0.322 e. The summed E-state index contributed by atoms with van der Waals surface area (Å²) in [4.78, 5) is 19.3. The Bertz CT molecular complexity index is 1110. The third kappa shape index (κ3) is 4.91.